The molecular formula is C21H23NO3S. The number of hydrogen-bond acceptors (Lipinski definition) is 4. The maximum Gasteiger partial charge on any atom is 0.341 e. The molecule has 26 heavy (non-hydrogen) atoms. The number of amides is 1. The highest BCUT2D eigenvalue weighted by Crippen LogP contribution is 2.42. The third kappa shape index (κ3) is 3.88. The summed E-state index contributed by atoms with van der Waals surface area (Å²) in [6.07, 6.45) is 5.83. The minimum Gasteiger partial charge on any atom is -0.462 e. The van der Waals surface area contributed by atoms with E-state index in [4.69, 9.17) is 4.74 Å². The Balaban J connectivity index is 1.93. The summed E-state index contributed by atoms with van der Waals surface area (Å²) >= 11 is 1.50. The normalized spacial score (nSPS) is 16.3. The molecule has 0 bridgehead atoms. The molecule has 2 aromatic rings. The Morgan fingerprint density at radius 3 is 2.77 bits per heavy atom. The molecule has 1 aliphatic rings. The van der Waals surface area contributed by atoms with E-state index < -0.39 is 0 Å². The Kier molecular flexibility index (Phi) is 5.89. The summed E-state index contributed by atoms with van der Waals surface area (Å²) in [5.41, 5.74) is 2.90. The van der Waals surface area contributed by atoms with Gasteiger partial charge in [-0.15, -0.1) is 11.3 Å². The number of esters is 1. The van der Waals surface area contributed by atoms with Crippen molar-refractivity contribution in [1.29, 1.82) is 0 Å². The van der Waals surface area contributed by atoms with E-state index >= 15 is 0 Å². The van der Waals surface area contributed by atoms with Gasteiger partial charge in [0.2, 0.25) is 5.91 Å². The third-order valence-electron chi connectivity index (χ3n) is 4.57. The van der Waals surface area contributed by atoms with E-state index in [9.17, 15) is 9.59 Å². The fraction of sp³-hybridized carbons (Fsp3) is 0.333. The van der Waals surface area contributed by atoms with Crippen molar-refractivity contribution in [2.75, 3.05) is 11.9 Å². The van der Waals surface area contributed by atoms with Gasteiger partial charge in [0, 0.05) is 4.88 Å². The molecule has 0 radical (unpaired) electrons. The molecule has 1 amide bonds. The van der Waals surface area contributed by atoms with Crippen LogP contribution < -0.4 is 5.32 Å². The zero-order valence-electron chi connectivity index (χ0n) is 15.1. The maximum atomic E-state index is 12.5. The molecule has 0 spiro atoms. The monoisotopic (exact) mass is 369 g/mol. The summed E-state index contributed by atoms with van der Waals surface area (Å²) in [5.74, 6) is -0.133. The Bertz CT molecular complexity index is 823. The summed E-state index contributed by atoms with van der Waals surface area (Å²) in [6, 6.07) is 10.5. The zero-order chi connectivity index (χ0) is 18.5. The van der Waals surface area contributed by atoms with Gasteiger partial charge in [0.25, 0.3) is 0 Å². The Labute approximate surface area is 157 Å². The smallest absolute Gasteiger partial charge is 0.341 e. The van der Waals surface area contributed by atoms with Gasteiger partial charge in [-0.25, -0.2) is 4.79 Å². The van der Waals surface area contributed by atoms with E-state index in [1.807, 2.05) is 6.07 Å². The first-order valence-electron chi connectivity index (χ1n) is 8.94. The fourth-order valence-corrected chi connectivity index (χ4v) is 4.73. The second-order valence-corrected chi connectivity index (χ2v) is 7.37. The van der Waals surface area contributed by atoms with Crippen molar-refractivity contribution >= 4 is 28.2 Å². The van der Waals surface area contributed by atoms with Gasteiger partial charge >= 0.3 is 5.97 Å². The zero-order valence-corrected chi connectivity index (χ0v) is 15.9. The van der Waals surface area contributed by atoms with Gasteiger partial charge in [0.05, 0.1) is 12.2 Å². The highest BCUT2D eigenvalue weighted by molar-refractivity contribution is 7.17. The molecule has 136 valence electrons. The standard InChI is InChI=1S/C21H23NO3S/c1-3-8-18(23)22-20-19(21(24)25-4-2)16-12-11-15(13-17(16)26-20)14-9-6-5-7-10-14/h3,5-10,15H,4,11-13H2,1-2H3,(H,22,23)/b8-3+/t15-/m1/s1. The molecule has 3 rings (SSSR count). The highest BCUT2D eigenvalue weighted by Gasteiger charge is 2.30. The van der Waals surface area contributed by atoms with E-state index in [1.54, 1.807) is 19.9 Å². The van der Waals surface area contributed by atoms with Gasteiger partial charge in [-0.1, -0.05) is 36.4 Å². The van der Waals surface area contributed by atoms with Crippen LogP contribution in [0.1, 0.15) is 52.5 Å². The van der Waals surface area contributed by atoms with Crippen LogP contribution in [0, 0.1) is 0 Å². The lowest BCUT2D eigenvalue weighted by molar-refractivity contribution is -0.111. The van der Waals surface area contributed by atoms with E-state index in [-0.39, 0.29) is 11.9 Å². The number of benzene rings is 1. The van der Waals surface area contributed by atoms with Crippen LogP contribution >= 0.6 is 11.3 Å². The molecule has 1 N–H and O–H groups in total. The fourth-order valence-electron chi connectivity index (χ4n) is 3.41. The molecule has 1 aromatic heterocycles. The van der Waals surface area contributed by atoms with Crippen molar-refractivity contribution in [3.05, 3.63) is 64.1 Å². The molecule has 0 saturated heterocycles. The van der Waals surface area contributed by atoms with E-state index in [0.717, 1.165) is 24.8 Å². The van der Waals surface area contributed by atoms with Gasteiger partial charge < -0.3 is 10.1 Å². The number of anilines is 1. The van der Waals surface area contributed by atoms with Crippen LogP contribution in [0.15, 0.2) is 42.5 Å². The van der Waals surface area contributed by atoms with Crippen molar-refractivity contribution < 1.29 is 14.3 Å². The Hall–Kier alpha value is -2.40. The van der Waals surface area contributed by atoms with Crippen LogP contribution in [-0.2, 0) is 22.4 Å². The van der Waals surface area contributed by atoms with E-state index in [0.29, 0.717) is 23.1 Å². The summed E-state index contributed by atoms with van der Waals surface area (Å²) in [4.78, 5) is 25.7. The second-order valence-electron chi connectivity index (χ2n) is 6.27. The lowest BCUT2D eigenvalue weighted by atomic mass is 9.83. The Morgan fingerprint density at radius 1 is 1.31 bits per heavy atom. The summed E-state index contributed by atoms with van der Waals surface area (Å²) in [5, 5.41) is 3.46. The van der Waals surface area contributed by atoms with Crippen LogP contribution in [0.2, 0.25) is 0 Å². The van der Waals surface area contributed by atoms with E-state index in [1.165, 1.54) is 27.9 Å². The van der Waals surface area contributed by atoms with Crippen LogP contribution in [0.5, 0.6) is 0 Å². The topological polar surface area (TPSA) is 55.4 Å². The SMILES string of the molecule is C/C=C/C(=O)Nc1sc2c(c1C(=O)OCC)CC[C@@H](c1ccccc1)C2. The predicted octanol–water partition coefficient (Wildman–Crippen LogP) is 4.71. The minimum absolute atomic E-state index is 0.226. The molecule has 1 heterocycles. The van der Waals surface area contributed by atoms with Crippen LogP contribution in [0.3, 0.4) is 0 Å². The molecule has 1 aliphatic carbocycles. The number of carbonyl (C=O) groups is 2. The first kappa shape index (κ1) is 18.4. The van der Waals surface area contributed by atoms with Gasteiger partial charge in [0.1, 0.15) is 5.00 Å². The van der Waals surface area contributed by atoms with Crippen LogP contribution in [0.4, 0.5) is 5.00 Å². The molecule has 1 aromatic carbocycles. The summed E-state index contributed by atoms with van der Waals surface area (Å²) < 4.78 is 5.24. The molecular weight excluding hydrogens is 346 g/mol. The lowest BCUT2D eigenvalue weighted by Gasteiger charge is -2.23. The average Bonchev–Trinajstić information content (AvgIpc) is 2.99. The van der Waals surface area contributed by atoms with Crippen LogP contribution in [0.25, 0.3) is 0 Å². The lowest BCUT2D eigenvalue weighted by Crippen LogP contribution is -2.16. The Morgan fingerprint density at radius 2 is 2.08 bits per heavy atom. The number of rotatable bonds is 5. The number of carbonyl (C=O) groups excluding carboxylic acids is 2. The highest BCUT2D eigenvalue weighted by atomic mass is 32.1. The van der Waals surface area contributed by atoms with Gasteiger partial charge in [-0.05, 0) is 56.2 Å². The third-order valence-corrected chi connectivity index (χ3v) is 5.74. The van der Waals surface area contributed by atoms with Gasteiger partial charge in [0.15, 0.2) is 0 Å². The maximum absolute atomic E-state index is 12.5. The van der Waals surface area contributed by atoms with Crippen molar-refractivity contribution in [1.82, 2.24) is 0 Å². The summed E-state index contributed by atoms with van der Waals surface area (Å²) in [6.45, 7) is 3.90. The molecule has 0 saturated carbocycles. The minimum atomic E-state index is -0.348. The molecule has 0 unspecified atom stereocenters. The second kappa shape index (κ2) is 8.32. The largest absolute Gasteiger partial charge is 0.462 e. The predicted molar refractivity (Wildman–Crippen MR) is 105 cm³/mol. The molecule has 0 aliphatic heterocycles. The quantitative estimate of drug-likeness (QED) is 0.613. The average molecular weight is 369 g/mol. The van der Waals surface area contributed by atoms with Crippen molar-refractivity contribution in [2.24, 2.45) is 0 Å². The first-order chi connectivity index (χ1) is 12.6. The number of nitrogens with one attached hydrogen (secondary N) is 1. The first-order valence-corrected chi connectivity index (χ1v) is 9.76. The molecule has 5 heteroatoms. The number of ether oxygens (including phenoxy) is 1. The van der Waals surface area contributed by atoms with Crippen molar-refractivity contribution in [2.45, 2.75) is 39.0 Å². The number of allylic oxidation sites excluding steroid dienone is 1. The molecule has 1 atom stereocenters. The molecule has 4 nitrogen and oxygen atoms in total. The summed E-state index contributed by atoms with van der Waals surface area (Å²) in [7, 11) is 0. The van der Waals surface area contributed by atoms with Gasteiger partial charge in [-0.3, -0.25) is 4.79 Å². The molecule has 0 fully saturated rings. The van der Waals surface area contributed by atoms with Crippen molar-refractivity contribution in [3.8, 4) is 0 Å². The number of thiophene rings is 1. The van der Waals surface area contributed by atoms with Crippen molar-refractivity contribution in [3.63, 3.8) is 0 Å². The van der Waals surface area contributed by atoms with E-state index in [2.05, 4.69) is 29.6 Å². The number of hydrogen-bond donors (Lipinski definition) is 1. The number of fused-ring (bicyclic) bond motifs is 1. The van der Waals surface area contributed by atoms with Crippen LogP contribution in [-0.4, -0.2) is 18.5 Å². The van der Waals surface area contributed by atoms with Gasteiger partial charge in [-0.2, -0.15) is 0 Å².